The van der Waals surface area contributed by atoms with E-state index in [1.165, 1.54) is 16.7 Å². The van der Waals surface area contributed by atoms with Crippen molar-refractivity contribution in [2.45, 2.75) is 38.7 Å². The van der Waals surface area contributed by atoms with Crippen LogP contribution in [0.4, 0.5) is 0 Å². The number of rotatable bonds is 5. The van der Waals surface area contributed by atoms with Crippen molar-refractivity contribution in [3.8, 4) is 0 Å². The van der Waals surface area contributed by atoms with Gasteiger partial charge in [0, 0.05) is 27.7 Å². The summed E-state index contributed by atoms with van der Waals surface area (Å²) in [7, 11) is 1.95. The fourth-order valence-corrected chi connectivity index (χ4v) is 5.13. The quantitative estimate of drug-likeness (QED) is 0.583. The lowest BCUT2D eigenvalue weighted by Crippen LogP contribution is -2.64. The summed E-state index contributed by atoms with van der Waals surface area (Å²) in [4.78, 5) is 25.9. The monoisotopic (exact) mass is 362 g/mol. The number of hydrogen-bond donors (Lipinski definition) is 1. The third kappa shape index (κ3) is 2.95. The molecular formula is C18H22N2O4S. The van der Waals surface area contributed by atoms with Crippen LogP contribution in [0.3, 0.4) is 0 Å². The predicted octanol–water partition coefficient (Wildman–Crippen LogP) is -0.128. The van der Waals surface area contributed by atoms with Gasteiger partial charge in [-0.15, -0.1) is 11.8 Å². The predicted molar refractivity (Wildman–Crippen MR) is 90.7 cm³/mol. The van der Waals surface area contributed by atoms with Crippen LogP contribution in [0.1, 0.15) is 25.0 Å². The summed E-state index contributed by atoms with van der Waals surface area (Å²) in [6.45, 7) is 5.49. The molecule has 7 heteroatoms. The minimum atomic E-state index is -1.33. The zero-order chi connectivity index (χ0) is 18.5. The van der Waals surface area contributed by atoms with E-state index in [1.807, 2.05) is 37.9 Å². The summed E-state index contributed by atoms with van der Waals surface area (Å²) < 4.78 is 1.97. The Morgan fingerprint density at radius 3 is 2.72 bits per heavy atom. The van der Waals surface area contributed by atoms with E-state index < -0.39 is 18.0 Å². The number of aliphatic carboxylic acids is 1. The van der Waals surface area contributed by atoms with Crippen LogP contribution < -0.4 is 9.67 Å². The number of hydrogen-bond acceptors (Lipinski definition) is 5. The van der Waals surface area contributed by atoms with Gasteiger partial charge in [0.1, 0.15) is 7.05 Å². The molecule has 1 amide bonds. The van der Waals surface area contributed by atoms with E-state index in [4.69, 9.17) is 0 Å². The topological polar surface area (TPSA) is 84.5 Å². The zero-order valence-corrected chi connectivity index (χ0v) is 15.5. The Kier molecular flexibility index (Phi) is 4.64. The summed E-state index contributed by atoms with van der Waals surface area (Å²) in [6.07, 6.45) is 3.22. The largest absolute Gasteiger partial charge is 0.543 e. The van der Waals surface area contributed by atoms with Crippen molar-refractivity contribution in [3.05, 3.63) is 40.2 Å². The SMILES string of the molecule is Cc1cc(CSC2=C(C(=O)[O-])N3C(=O)[C@H]([C@@H](C)O)[C@@H]3[C@H]2C)c[n+](C)c1. The number of β-lactam (4-membered cyclic amide) rings is 1. The van der Waals surface area contributed by atoms with E-state index in [-0.39, 0.29) is 23.6 Å². The van der Waals surface area contributed by atoms with Crippen molar-refractivity contribution in [3.63, 3.8) is 0 Å². The first kappa shape index (κ1) is 17.9. The molecule has 25 heavy (non-hydrogen) atoms. The molecule has 1 fully saturated rings. The molecule has 0 aliphatic carbocycles. The number of aromatic nitrogens is 1. The second-order valence-electron chi connectivity index (χ2n) is 6.93. The smallest absolute Gasteiger partial charge is 0.235 e. The van der Waals surface area contributed by atoms with E-state index >= 15 is 0 Å². The molecule has 4 atom stereocenters. The minimum Gasteiger partial charge on any atom is -0.543 e. The lowest BCUT2D eigenvalue weighted by Gasteiger charge is -2.47. The molecule has 0 aromatic carbocycles. The molecule has 1 N–H and O–H groups in total. The molecule has 0 bridgehead atoms. The lowest BCUT2D eigenvalue weighted by molar-refractivity contribution is -0.672. The molecule has 2 aliphatic heterocycles. The fourth-order valence-electron chi connectivity index (χ4n) is 3.93. The first-order valence-electron chi connectivity index (χ1n) is 8.27. The Hall–Kier alpha value is -1.86. The summed E-state index contributed by atoms with van der Waals surface area (Å²) in [6, 6.07) is 1.77. The molecule has 1 aromatic heterocycles. The van der Waals surface area contributed by atoms with Crippen molar-refractivity contribution in [2.24, 2.45) is 18.9 Å². The molecule has 0 spiro atoms. The molecule has 1 aromatic rings. The number of nitrogens with zero attached hydrogens (tertiary/aromatic N) is 2. The van der Waals surface area contributed by atoms with Gasteiger partial charge in [0.05, 0.1) is 29.7 Å². The van der Waals surface area contributed by atoms with Crippen LogP contribution in [0.25, 0.3) is 0 Å². The Morgan fingerprint density at radius 1 is 1.48 bits per heavy atom. The highest BCUT2D eigenvalue weighted by Crippen LogP contribution is 2.50. The van der Waals surface area contributed by atoms with Gasteiger partial charge in [-0.1, -0.05) is 6.92 Å². The number of carboxylic acids is 1. The number of amides is 1. The van der Waals surface area contributed by atoms with Crippen LogP contribution in [-0.4, -0.2) is 34.0 Å². The standard InChI is InChI=1S/C18H22N2O4S/c1-9-5-12(7-19(4)6-9)8-25-16-10(2)14-13(11(3)21)17(22)20(14)15(16)18(23)24/h5-7,10-11,13-14,21H,8H2,1-4H3/t10-,11-,13-,14+/m1/s1. The number of aliphatic hydroxyl groups is 1. The van der Waals surface area contributed by atoms with Gasteiger partial charge < -0.3 is 19.9 Å². The number of pyridine rings is 1. The molecular weight excluding hydrogens is 340 g/mol. The Balaban J connectivity index is 1.86. The molecule has 0 unspecified atom stereocenters. The van der Waals surface area contributed by atoms with E-state index in [2.05, 4.69) is 6.07 Å². The first-order chi connectivity index (χ1) is 11.7. The van der Waals surface area contributed by atoms with Crippen LogP contribution in [-0.2, 0) is 22.4 Å². The number of carbonyl (C=O) groups excluding carboxylic acids is 2. The Bertz CT molecular complexity index is 754. The summed E-state index contributed by atoms with van der Waals surface area (Å²) in [5.74, 6) is -1.72. The van der Waals surface area contributed by atoms with Crippen molar-refractivity contribution in [1.29, 1.82) is 0 Å². The van der Waals surface area contributed by atoms with E-state index in [0.29, 0.717) is 10.7 Å². The molecule has 1 saturated heterocycles. The van der Waals surface area contributed by atoms with Crippen molar-refractivity contribution in [2.75, 3.05) is 0 Å². The third-order valence-corrected chi connectivity index (χ3v) is 6.24. The molecule has 6 nitrogen and oxygen atoms in total. The summed E-state index contributed by atoms with van der Waals surface area (Å²) in [5.41, 5.74) is 2.18. The number of aryl methyl sites for hydroxylation is 2. The molecule has 0 radical (unpaired) electrons. The van der Waals surface area contributed by atoms with Crippen LogP contribution in [0.5, 0.6) is 0 Å². The molecule has 134 valence electrons. The van der Waals surface area contributed by atoms with Gasteiger partial charge in [0.2, 0.25) is 5.91 Å². The maximum Gasteiger partial charge on any atom is 0.235 e. The highest BCUT2D eigenvalue weighted by molar-refractivity contribution is 8.02. The summed E-state index contributed by atoms with van der Waals surface area (Å²) in [5, 5.41) is 21.5. The van der Waals surface area contributed by atoms with Gasteiger partial charge in [-0.25, -0.2) is 4.57 Å². The van der Waals surface area contributed by atoms with Crippen LogP contribution in [0.15, 0.2) is 29.1 Å². The second kappa shape index (κ2) is 6.46. The maximum absolute atomic E-state index is 12.3. The number of thioether (sulfide) groups is 1. The molecule has 0 saturated carbocycles. The zero-order valence-electron chi connectivity index (χ0n) is 14.7. The van der Waals surface area contributed by atoms with Crippen LogP contribution >= 0.6 is 11.8 Å². The highest BCUT2D eigenvalue weighted by Gasteiger charge is 2.58. The molecule has 3 heterocycles. The molecule has 3 rings (SSSR count). The van der Waals surface area contributed by atoms with Gasteiger partial charge in [0.15, 0.2) is 12.4 Å². The number of aliphatic hydroxyl groups excluding tert-OH is 1. The third-order valence-electron chi connectivity index (χ3n) is 4.89. The first-order valence-corrected chi connectivity index (χ1v) is 9.26. The molecule has 2 aliphatic rings. The number of carbonyl (C=O) groups is 2. The van der Waals surface area contributed by atoms with Crippen molar-refractivity contribution >= 4 is 23.6 Å². The fraction of sp³-hybridized carbons (Fsp3) is 0.500. The Morgan fingerprint density at radius 2 is 2.16 bits per heavy atom. The number of fused-ring (bicyclic) bond motifs is 1. The van der Waals surface area contributed by atoms with Crippen molar-refractivity contribution in [1.82, 2.24) is 4.90 Å². The highest BCUT2D eigenvalue weighted by atomic mass is 32.2. The van der Waals surface area contributed by atoms with Crippen molar-refractivity contribution < 1.29 is 24.4 Å². The average molecular weight is 362 g/mol. The maximum atomic E-state index is 12.3. The summed E-state index contributed by atoms with van der Waals surface area (Å²) >= 11 is 1.43. The van der Waals surface area contributed by atoms with Gasteiger partial charge in [-0.05, 0) is 19.9 Å². The minimum absolute atomic E-state index is 0.0265. The van der Waals surface area contributed by atoms with Gasteiger partial charge in [-0.3, -0.25) is 4.79 Å². The van der Waals surface area contributed by atoms with E-state index in [9.17, 15) is 19.8 Å². The van der Waals surface area contributed by atoms with E-state index in [1.54, 1.807) is 6.92 Å². The van der Waals surface area contributed by atoms with E-state index in [0.717, 1.165) is 11.1 Å². The van der Waals surface area contributed by atoms with Gasteiger partial charge in [0.25, 0.3) is 0 Å². The average Bonchev–Trinajstić information content (AvgIpc) is 2.73. The Labute approximate surface area is 151 Å². The second-order valence-corrected chi connectivity index (χ2v) is 7.95. The van der Waals surface area contributed by atoms with Crippen LogP contribution in [0, 0.1) is 18.8 Å². The normalized spacial score (nSPS) is 26.5. The number of carboxylic acid groups (broad SMARTS) is 1. The van der Waals surface area contributed by atoms with Crippen LogP contribution in [0.2, 0.25) is 0 Å². The van der Waals surface area contributed by atoms with Gasteiger partial charge >= 0.3 is 0 Å². The lowest BCUT2D eigenvalue weighted by atomic mass is 9.79. The van der Waals surface area contributed by atoms with Gasteiger partial charge in [-0.2, -0.15) is 0 Å².